The van der Waals surface area contributed by atoms with Crippen molar-refractivity contribution >= 4 is 35.3 Å². The first kappa shape index (κ1) is 25.8. The van der Waals surface area contributed by atoms with E-state index >= 15 is 0 Å². The lowest BCUT2D eigenvalue weighted by atomic mass is 10.1. The minimum absolute atomic E-state index is 0.259. The van der Waals surface area contributed by atoms with Crippen molar-refractivity contribution in [1.29, 1.82) is 0 Å². The molecule has 0 bridgehead atoms. The second kappa shape index (κ2) is 10.9. The maximum Gasteiger partial charge on any atom is 0.232 e. The van der Waals surface area contributed by atoms with E-state index in [4.69, 9.17) is 0 Å². The lowest BCUT2D eigenvalue weighted by Crippen LogP contribution is -2.47. The molecule has 1 aromatic carbocycles. The quantitative estimate of drug-likeness (QED) is 0.345. The minimum atomic E-state index is -0.869. The molecule has 0 radical (unpaired) electrons. The Bertz CT molecular complexity index is 1380. The number of aryl methyl sites for hydroxylation is 1. The molecule has 5 rings (SSSR count). The maximum absolute atomic E-state index is 13.9. The van der Waals surface area contributed by atoms with Crippen LogP contribution in [0.25, 0.3) is 0 Å². The molecule has 1 aliphatic rings. The van der Waals surface area contributed by atoms with Crippen molar-refractivity contribution < 1.29 is 9.50 Å². The van der Waals surface area contributed by atoms with Gasteiger partial charge in [-0.1, -0.05) is 23.9 Å². The Morgan fingerprint density at radius 2 is 1.68 bits per heavy atom. The van der Waals surface area contributed by atoms with Crippen molar-refractivity contribution in [2.45, 2.75) is 42.7 Å². The van der Waals surface area contributed by atoms with Crippen LogP contribution in [0, 0.1) is 12.7 Å². The van der Waals surface area contributed by atoms with Crippen LogP contribution in [-0.4, -0.2) is 71.6 Å². The SMILES string of the molecule is Cc1nn(CC(C)(C)O)cc1Nc1ncnc(N2CCN(c3ncc(Sc4ccccc4F)cn3)CC2)n1. The Balaban J connectivity index is 1.18. The van der Waals surface area contributed by atoms with E-state index in [1.54, 1.807) is 49.1 Å². The summed E-state index contributed by atoms with van der Waals surface area (Å²) in [4.78, 5) is 27.7. The van der Waals surface area contributed by atoms with Crippen LogP contribution in [0.15, 0.2) is 59.0 Å². The normalized spacial score (nSPS) is 14.1. The van der Waals surface area contributed by atoms with Gasteiger partial charge in [-0.15, -0.1) is 0 Å². The fourth-order valence-corrected chi connectivity index (χ4v) is 4.80. The van der Waals surface area contributed by atoms with Gasteiger partial charge in [0.2, 0.25) is 17.8 Å². The van der Waals surface area contributed by atoms with Gasteiger partial charge in [0.05, 0.1) is 23.5 Å². The average molecular weight is 537 g/mol. The van der Waals surface area contributed by atoms with Gasteiger partial charge in [-0.3, -0.25) is 4.68 Å². The zero-order valence-corrected chi connectivity index (χ0v) is 22.2. The molecule has 2 N–H and O–H groups in total. The van der Waals surface area contributed by atoms with E-state index in [1.165, 1.54) is 24.2 Å². The zero-order valence-electron chi connectivity index (χ0n) is 21.4. The predicted octanol–water partition coefficient (Wildman–Crippen LogP) is 3.30. The van der Waals surface area contributed by atoms with Gasteiger partial charge < -0.3 is 20.2 Å². The molecule has 4 aromatic rings. The van der Waals surface area contributed by atoms with Crippen molar-refractivity contribution in [3.05, 3.63) is 60.7 Å². The lowest BCUT2D eigenvalue weighted by Gasteiger charge is -2.34. The third-order valence-electron chi connectivity index (χ3n) is 5.83. The smallest absolute Gasteiger partial charge is 0.232 e. The molecule has 0 amide bonds. The molecule has 0 atom stereocenters. The van der Waals surface area contributed by atoms with Crippen LogP contribution in [0.3, 0.4) is 0 Å². The summed E-state index contributed by atoms with van der Waals surface area (Å²) in [5, 5.41) is 17.7. The first-order valence-corrected chi connectivity index (χ1v) is 13.0. The van der Waals surface area contributed by atoms with Crippen molar-refractivity contribution in [1.82, 2.24) is 34.7 Å². The Labute approximate surface area is 224 Å². The first-order valence-electron chi connectivity index (χ1n) is 12.2. The summed E-state index contributed by atoms with van der Waals surface area (Å²) in [6.45, 7) is 8.54. The highest BCUT2D eigenvalue weighted by Gasteiger charge is 2.22. The number of nitrogens with zero attached hydrogens (tertiary/aromatic N) is 9. The fourth-order valence-electron chi connectivity index (χ4n) is 4.03. The molecule has 1 fully saturated rings. The highest BCUT2D eigenvalue weighted by Crippen LogP contribution is 2.29. The van der Waals surface area contributed by atoms with Gasteiger partial charge in [-0.25, -0.2) is 24.3 Å². The minimum Gasteiger partial charge on any atom is -0.389 e. The number of piperazine rings is 1. The Morgan fingerprint density at radius 3 is 2.37 bits per heavy atom. The first-order chi connectivity index (χ1) is 18.2. The van der Waals surface area contributed by atoms with Gasteiger partial charge in [0.25, 0.3) is 0 Å². The van der Waals surface area contributed by atoms with Crippen LogP contribution in [0.1, 0.15) is 19.5 Å². The molecule has 0 saturated carbocycles. The number of anilines is 4. The van der Waals surface area contributed by atoms with E-state index in [2.05, 4.69) is 45.1 Å². The molecular weight excluding hydrogens is 507 g/mol. The number of aliphatic hydroxyl groups is 1. The molecule has 1 saturated heterocycles. The van der Waals surface area contributed by atoms with Crippen molar-refractivity contribution in [3.63, 3.8) is 0 Å². The summed E-state index contributed by atoms with van der Waals surface area (Å²) >= 11 is 1.30. The molecule has 38 heavy (non-hydrogen) atoms. The largest absolute Gasteiger partial charge is 0.389 e. The fraction of sp³-hybridized carbons (Fsp3) is 0.360. The molecule has 0 unspecified atom stereocenters. The van der Waals surface area contributed by atoms with Gasteiger partial charge in [0.1, 0.15) is 12.1 Å². The Hall–Kier alpha value is -3.84. The van der Waals surface area contributed by atoms with Crippen molar-refractivity contribution in [2.75, 3.05) is 41.3 Å². The third-order valence-corrected chi connectivity index (χ3v) is 6.82. The molecular formula is C25H29FN10OS. The van der Waals surface area contributed by atoms with Crippen LogP contribution >= 0.6 is 11.8 Å². The number of nitrogens with one attached hydrogen (secondary N) is 1. The van der Waals surface area contributed by atoms with Gasteiger partial charge >= 0.3 is 0 Å². The van der Waals surface area contributed by atoms with Gasteiger partial charge in [0.15, 0.2) is 0 Å². The predicted molar refractivity (Wildman–Crippen MR) is 143 cm³/mol. The molecule has 13 heteroatoms. The molecule has 4 heterocycles. The standard InChI is InChI=1S/C25H29FN10OS/c1-17-20(14-36(33-17)15-25(2,3)37)31-22-29-16-30-24(32-22)35-10-8-34(9-11-35)23-27-12-18(13-28-23)38-21-7-5-4-6-19(21)26/h4-7,12-14,16,37H,8-11,15H2,1-3H3,(H,29,30,31,32). The zero-order chi connectivity index (χ0) is 26.7. The number of hydrogen-bond acceptors (Lipinski definition) is 11. The second-order valence-corrected chi connectivity index (χ2v) is 10.7. The van der Waals surface area contributed by atoms with Crippen LogP contribution in [-0.2, 0) is 6.54 Å². The molecule has 0 aliphatic carbocycles. The van der Waals surface area contributed by atoms with Gasteiger partial charge in [-0.2, -0.15) is 10.1 Å². The molecule has 198 valence electrons. The number of benzene rings is 1. The number of halogens is 1. The summed E-state index contributed by atoms with van der Waals surface area (Å²) in [6, 6.07) is 6.66. The average Bonchev–Trinajstić information content (AvgIpc) is 3.22. The summed E-state index contributed by atoms with van der Waals surface area (Å²) in [6.07, 6.45) is 6.77. The van der Waals surface area contributed by atoms with Crippen molar-refractivity contribution in [2.24, 2.45) is 0 Å². The molecule has 11 nitrogen and oxygen atoms in total. The Kier molecular flexibility index (Phi) is 7.38. The summed E-state index contributed by atoms with van der Waals surface area (Å²) in [5.74, 6) is 1.39. The van der Waals surface area contributed by atoms with Crippen LogP contribution in [0.5, 0.6) is 0 Å². The maximum atomic E-state index is 13.9. The molecule has 1 aliphatic heterocycles. The highest BCUT2D eigenvalue weighted by atomic mass is 32.2. The van der Waals surface area contributed by atoms with E-state index in [0.717, 1.165) is 16.3 Å². The van der Waals surface area contributed by atoms with E-state index in [9.17, 15) is 9.50 Å². The van der Waals surface area contributed by atoms with E-state index < -0.39 is 5.60 Å². The van der Waals surface area contributed by atoms with Crippen LogP contribution in [0.4, 0.5) is 27.9 Å². The molecule has 3 aromatic heterocycles. The number of hydrogen-bond donors (Lipinski definition) is 2. The summed E-state index contributed by atoms with van der Waals surface area (Å²) < 4.78 is 15.6. The van der Waals surface area contributed by atoms with Crippen LogP contribution < -0.4 is 15.1 Å². The Morgan fingerprint density at radius 1 is 1.00 bits per heavy atom. The topological polar surface area (TPSA) is 121 Å². The van der Waals surface area contributed by atoms with Crippen LogP contribution in [0.2, 0.25) is 0 Å². The van der Waals surface area contributed by atoms with E-state index in [-0.39, 0.29) is 5.82 Å². The summed E-state index contributed by atoms with van der Waals surface area (Å²) in [5.41, 5.74) is 0.680. The highest BCUT2D eigenvalue weighted by molar-refractivity contribution is 7.99. The van der Waals surface area contributed by atoms with E-state index in [0.29, 0.717) is 55.5 Å². The number of aromatic nitrogens is 7. The third kappa shape index (κ3) is 6.34. The summed E-state index contributed by atoms with van der Waals surface area (Å²) in [7, 11) is 0. The lowest BCUT2D eigenvalue weighted by molar-refractivity contribution is 0.0577. The molecule has 0 spiro atoms. The van der Waals surface area contributed by atoms with Gasteiger partial charge in [-0.05, 0) is 32.9 Å². The monoisotopic (exact) mass is 536 g/mol. The van der Waals surface area contributed by atoms with Gasteiger partial charge in [0, 0.05) is 54.6 Å². The number of rotatable bonds is 8. The van der Waals surface area contributed by atoms with E-state index in [1.807, 2.05) is 13.1 Å². The second-order valence-electron chi connectivity index (χ2n) is 9.60. The van der Waals surface area contributed by atoms with Crippen molar-refractivity contribution in [3.8, 4) is 0 Å².